The molecule has 24 heavy (non-hydrogen) atoms. The highest BCUT2D eigenvalue weighted by Gasteiger charge is 2.12. The lowest BCUT2D eigenvalue weighted by atomic mass is 10.1. The van der Waals surface area contributed by atoms with Gasteiger partial charge in [0.05, 0.1) is 16.4 Å². The van der Waals surface area contributed by atoms with E-state index in [0.717, 1.165) is 17.0 Å². The average molecular weight is 349 g/mol. The van der Waals surface area contributed by atoms with Crippen LogP contribution in [-0.4, -0.2) is 21.6 Å². The molecule has 0 radical (unpaired) electrons. The Hall–Kier alpha value is -2.34. The fourth-order valence-corrected chi connectivity index (χ4v) is 2.69. The fraction of sp³-hybridized carbons (Fsp3) is 0.353. The predicted molar refractivity (Wildman–Crippen MR) is 95.4 cm³/mol. The van der Waals surface area contributed by atoms with E-state index in [1.807, 2.05) is 25.6 Å². The maximum Gasteiger partial charge on any atom is 0.224 e. The molecule has 0 saturated heterocycles. The van der Waals surface area contributed by atoms with Crippen LogP contribution in [0.25, 0.3) is 0 Å². The van der Waals surface area contributed by atoms with Crippen molar-refractivity contribution < 1.29 is 9.59 Å². The molecule has 128 valence electrons. The first-order valence-corrected chi connectivity index (χ1v) is 8.01. The van der Waals surface area contributed by atoms with Crippen molar-refractivity contribution in [3.05, 3.63) is 40.2 Å². The van der Waals surface area contributed by atoms with Gasteiger partial charge in [0.15, 0.2) is 0 Å². The van der Waals surface area contributed by atoms with Crippen LogP contribution in [0.4, 0.5) is 11.4 Å². The van der Waals surface area contributed by atoms with E-state index in [-0.39, 0.29) is 11.8 Å². The summed E-state index contributed by atoms with van der Waals surface area (Å²) in [5.74, 6) is -0.323. The minimum absolute atomic E-state index is 0.103. The number of benzene rings is 1. The number of aromatic nitrogens is 2. The first-order valence-electron chi connectivity index (χ1n) is 7.64. The Labute approximate surface area is 146 Å². The van der Waals surface area contributed by atoms with Crippen molar-refractivity contribution in [2.75, 3.05) is 10.6 Å². The topological polar surface area (TPSA) is 76.0 Å². The van der Waals surface area contributed by atoms with E-state index in [1.165, 1.54) is 6.92 Å². The van der Waals surface area contributed by atoms with Gasteiger partial charge in [-0.15, -0.1) is 0 Å². The van der Waals surface area contributed by atoms with E-state index in [4.69, 9.17) is 11.6 Å². The highest BCUT2D eigenvalue weighted by Crippen LogP contribution is 2.25. The number of rotatable bonds is 5. The number of hydrogen-bond donors (Lipinski definition) is 2. The van der Waals surface area contributed by atoms with Crippen LogP contribution >= 0.6 is 11.6 Å². The molecule has 0 aliphatic carbocycles. The Morgan fingerprint density at radius 1 is 1.25 bits per heavy atom. The van der Waals surface area contributed by atoms with Crippen LogP contribution in [0.3, 0.4) is 0 Å². The minimum Gasteiger partial charge on any atom is -0.326 e. The second kappa shape index (κ2) is 7.49. The third-order valence-electron chi connectivity index (χ3n) is 3.82. The van der Waals surface area contributed by atoms with Crippen LogP contribution in [-0.2, 0) is 23.1 Å². The van der Waals surface area contributed by atoms with Crippen LogP contribution in [0, 0.1) is 13.8 Å². The zero-order valence-corrected chi connectivity index (χ0v) is 15.0. The van der Waals surface area contributed by atoms with Crippen molar-refractivity contribution in [3.63, 3.8) is 0 Å². The third-order valence-corrected chi connectivity index (χ3v) is 4.15. The van der Waals surface area contributed by atoms with Crippen LogP contribution in [0.2, 0.25) is 5.02 Å². The number of carbonyl (C=O) groups is 2. The molecular weight excluding hydrogens is 328 g/mol. The number of carbonyl (C=O) groups excluding carboxylic acids is 2. The molecule has 1 aromatic carbocycles. The van der Waals surface area contributed by atoms with E-state index < -0.39 is 0 Å². The summed E-state index contributed by atoms with van der Waals surface area (Å²) in [7, 11) is 1.89. The minimum atomic E-state index is -0.220. The maximum atomic E-state index is 12.2. The lowest BCUT2D eigenvalue weighted by Gasteiger charge is -2.10. The van der Waals surface area contributed by atoms with Crippen molar-refractivity contribution in [1.29, 1.82) is 0 Å². The van der Waals surface area contributed by atoms with Gasteiger partial charge in [-0.25, -0.2) is 0 Å². The molecule has 0 fully saturated rings. The molecular formula is C17H21ClN4O2. The van der Waals surface area contributed by atoms with Gasteiger partial charge in [0, 0.05) is 31.8 Å². The van der Waals surface area contributed by atoms with E-state index >= 15 is 0 Å². The van der Waals surface area contributed by atoms with Gasteiger partial charge in [-0.2, -0.15) is 5.10 Å². The van der Waals surface area contributed by atoms with Crippen LogP contribution in [0.1, 0.15) is 30.3 Å². The molecule has 0 aliphatic rings. The van der Waals surface area contributed by atoms with Crippen molar-refractivity contribution in [2.24, 2.45) is 7.05 Å². The predicted octanol–water partition coefficient (Wildman–Crippen LogP) is 3.22. The molecule has 2 rings (SSSR count). The zero-order valence-electron chi connectivity index (χ0n) is 14.2. The second-order valence-corrected chi connectivity index (χ2v) is 6.10. The van der Waals surface area contributed by atoms with Gasteiger partial charge < -0.3 is 10.6 Å². The number of nitrogens with zero attached hydrogens (tertiary/aromatic N) is 2. The van der Waals surface area contributed by atoms with Crippen molar-refractivity contribution in [3.8, 4) is 0 Å². The summed E-state index contributed by atoms with van der Waals surface area (Å²) in [6.07, 6.45) is 0.981. The van der Waals surface area contributed by atoms with Crippen molar-refractivity contribution >= 4 is 34.8 Å². The quantitative estimate of drug-likeness (QED) is 0.871. The largest absolute Gasteiger partial charge is 0.326 e. The van der Waals surface area contributed by atoms with Gasteiger partial charge in [0.2, 0.25) is 11.8 Å². The number of hydrogen-bond acceptors (Lipinski definition) is 3. The number of amides is 2. The average Bonchev–Trinajstić information content (AvgIpc) is 2.73. The maximum absolute atomic E-state index is 12.2. The molecule has 0 atom stereocenters. The Morgan fingerprint density at radius 3 is 2.54 bits per heavy atom. The Morgan fingerprint density at radius 2 is 1.96 bits per heavy atom. The first kappa shape index (κ1) is 18.0. The summed E-state index contributed by atoms with van der Waals surface area (Å²) >= 11 is 6.02. The van der Waals surface area contributed by atoms with Crippen LogP contribution in [0.5, 0.6) is 0 Å². The zero-order chi connectivity index (χ0) is 17.9. The highest BCUT2D eigenvalue weighted by atomic mass is 35.5. The summed E-state index contributed by atoms with van der Waals surface area (Å²) in [5, 5.41) is 10.2. The van der Waals surface area contributed by atoms with Gasteiger partial charge in [-0.3, -0.25) is 14.3 Å². The third kappa shape index (κ3) is 4.35. The normalized spacial score (nSPS) is 10.5. The summed E-state index contributed by atoms with van der Waals surface area (Å²) in [6, 6.07) is 4.98. The molecule has 0 bridgehead atoms. The van der Waals surface area contributed by atoms with Gasteiger partial charge in [-0.05, 0) is 44.0 Å². The summed E-state index contributed by atoms with van der Waals surface area (Å²) < 4.78 is 1.82. The molecule has 2 N–H and O–H groups in total. The highest BCUT2D eigenvalue weighted by molar-refractivity contribution is 6.33. The Kier molecular flexibility index (Phi) is 5.62. The smallest absolute Gasteiger partial charge is 0.224 e. The number of nitrogens with one attached hydrogen (secondary N) is 2. The Bertz CT molecular complexity index is 783. The molecule has 0 spiro atoms. The lowest BCUT2D eigenvalue weighted by molar-refractivity contribution is -0.116. The van der Waals surface area contributed by atoms with Crippen LogP contribution in [0.15, 0.2) is 18.2 Å². The molecule has 2 aromatic rings. The van der Waals surface area contributed by atoms with Gasteiger partial charge in [0.25, 0.3) is 0 Å². The molecule has 1 heterocycles. The molecule has 0 unspecified atom stereocenters. The van der Waals surface area contributed by atoms with Gasteiger partial charge in [0.1, 0.15) is 0 Å². The Balaban J connectivity index is 2.01. The first-order chi connectivity index (χ1) is 11.3. The fourth-order valence-electron chi connectivity index (χ4n) is 2.53. The van der Waals surface area contributed by atoms with Crippen LogP contribution < -0.4 is 10.6 Å². The van der Waals surface area contributed by atoms with Crippen molar-refractivity contribution in [2.45, 2.75) is 33.6 Å². The molecule has 7 heteroatoms. The van der Waals surface area contributed by atoms with Gasteiger partial charge in [-0.1, -0.05) is 11.6 Å². The monoisotopic (exact) mass is 348 g/mol. The summed E-state index contributed by atoms with van der Waals surface area (Å²) in [6.45, 7) is 5.34. The van der Waals surface area contributed by atoms with E-state index in [2.05, 4.69) is 15.7 Å². The molecule has 2 amide bonds. The number of aryl methyl sites for hydroxylation is 2. The SMILES string of the molecule is CC(=O)Nc1cc(NC(=O)CCc2c(C)nn(C)c2C)ccc1Cl. The van der Waals surface area contributed by atoms with E-state index in [0.29, 0.717) is 29.2 Å². The molecule has 0 saturated carbocycles. The van der Waals surface area contributed by atoms with Crippen molar-refractivity contribution in [1.82, 2.24) is 9.78 Å². The van der Waals surface area contributed by atoms with E-state index in [9.17, 15) is 9.59 Å². The molecule has 1 aromatic heterocycles. The van der Waals surface area contributed by atoms with Gasteiger partial charge >= 0.3 is 0 Å². The molecule has 0 aliphatic heterocycles. The summed E-state index contributed by atoms with van der Waals surface area (Å²) in [4.78, 5) is 23.3. The lowest BCUT2D eigenvalue weighted by Crippen LogP contribution is -2.13. The molecule has 6 nitrogen and oxygen atoms in total. The standard InChI is InChI=1S/C17H21ClN4O2/c1-10-14(11(2)22(4)21-10)6-8-17(24)20-13-5-7-15(18)16(9-13)19-12(3)23/h5,7,9H,6,8H2,1-4H3,(H,19,23)(H,20,24). The second-order valence-electron chi connectivity index (χ2n) is 5.70. The van der Waals surface area contributed by atoms with E-state index in [1.54, 1.807) is 18.2 Å². The summed E-state index contributed by atoms with van der Waals surface area (Å²) in [5.41, 5.74) is 4.18. The number of anilines is 2. The number of halogens is 1.